The number of benzene rings is 1. The molecule has 0 spiro atoms. The smallest absolute Gasteiger partial charge is 0.240 e. The predicted octanol–water partition coefficient (Wildman–Crippen LogP) is 1.29. The average Bonchev–Trinajstić information content (AvgIpc) is 3.16. The number of alkyl halides is 1. The van der Waals surface area contributed by atoms with Gasteiger partial charge in [0.25, 0.3) is 0 Å². The molecule has 3 fully saturated rings. The topological polar surface area (TPSA) is 120 Å². The van der Waals surface area contributed by atoms with E-state index in [1.54, 1.807) is 13.2 Å². The van der Waals surface area contributed by atoms with Crippen molar-refractivity contribution < 1.29 is 29.6 Å². The number of aliphatic hydroxyl groups is 3. The highest BCUT2D eigenvalue weighted by atomic mass is 35.5. The number of thioether (sulfide) groups is 1. The summed E-state index contributed by atoms with van der Waals surface area (Å²) < 4.78 is 12.1. The van der Waals surface area contributed by atoms with Crippen molar-refractivity contribution >= 4 is 29.3 Å². The van der Waals surface area contributed by atoms with Gasteiger partial charge < -0.3 is 35.4 Å². The zero-order valence-corrected chi connectivity index (χ0v) is 22.4. The lowest BCUT2D eigenvalue weighted by Gasteiger charge is -2.44. The molecule has 1 aromatic rings. The van der Waals surface area contributed by atoms with Gasteiger partial charge in [-0.1, -0.05) is 30.3 Å². The van der Waals surface area contributed by atoms with Crippen LogP contribution in [0.4, 0.5) is 0 Å². The maximum absolute atomic E-state index is 13.4. The third-order valence-corrected chi connectivity index (χ3v) is 8.95. The van der Waals surface area contributed by atoms with Crippen LogP contribution in [0.15, 0.2) is 30.3 Å². The molecule has 3 aliphatic rings. The standard InChI is InChI=1S/C26H39ClN2O6S/c1-14(27)18(24-21(31)20(30)22(32)26(35-24)36-2)29-25(33)19-23-17(13-28-19)12-16(10-11-34-23)9-8-15-6-4-3-5-7-15/h3-7,14,16-24,26,28,30-32H,8-13H2,1-2H3,(H,29,33)/t14-,16-,17-,18+,19-,20?,21?,22?,23+,24?,26?/m0/s1. The Hall–Kier alpha value is -0.910. The molecule has 11 atom stereocenters. The molecule has 0 saturated carbocycles. The Labute approximate surface area is 222 Å². The molecular formula is C26H39ClN2O6S. The van der Waals surface area contributed by atoms with E-state index in [2.05, 4.69) is 34.9 Å². The quantitative estimate of drug-likeness (QED) is 0.312. The number of hydrogen-bond acceptors (Lipinski definition) is 8. The number of carbonyl (C=O) groups excluding carboxylic acids is 1. The number of amides is 1. The molecule has 0 radical (unpaired) electrons. The Kier molecular flexibility index (Phi) is 9.96. The summed E-state index contributed by atoms with van der Waals surface area (Å²) in [6, 6.07) is 9.20. The summed E-state index contributed by atoms with van der Waals surface area (Å²) in [5, 5.41) is 36.8. The van der Waals surface area contributed by atoms with Crippen LogP contribution in [-0.4, -0.2) is 94.1 Å². The minimum absolute atomic E-state index is 0.235. The molecule has 8 nitrogen and oxygen atoms in total. The fraction of sp³-hybridized carbons (Fsp3) is 0.731. The summed E-state index contributed by atoms with van der Waals surface area (Å²) in [4.78, 5) is 13.4. The van der Waals surface area contributed by atoms with Crippen molar-refractivity contribution in [2.45, 2.75) is 86.0 Å². The first-order valence-corrected chi connectivity index (χ1v) is 14.6. The minimum atomic E-state index is -1.40. The highest BCUT2D eigenvalue weighted by Gasteiger charge is 2.49. The molecule has 4 rings (SSSR count). The zero-order valence-electron chi connectivity index (χ0n) is 20.8. The highest BCUT2D eigenvalue weighted by Crippen LogP contribution is 2.34. The fourth-order valence-electron chi connectivity index (χ4n) is 5.75. The molecule has 3 aliphatic heterocycles. The monoisotopic (exact) mass is 542 g/mol. The molecule has 0 bridgehead atoms. The SMILES string of the molecule is CSC1OC([C@H](NC(=O)[C@H]2NC[C@@H]3C[C@@H](CCc4ccccc4)CCO[C@H]32)[C@H](C)Cl)C(O)C(O)C1O. The second-order valence-corrected chi connectivity index (χ2v) is 11.9. The minimum Gasteiger partial charge on any atom is -0.388 e. The Morgan fingerprint density at radius 1 is 1.22 bits per heavy atom. The van der Waals surface area contributed by atoms with Gasteiger partial charge in [0.1, 0.15) is 35.9 Å². The number of fused-ring (bicyclic) bond motifs is 1. The fourth-order valence-corrected chi connectivity index (χ4v) is 6.63. The lowest BCUT2D eigenvalue weighted by Crippen LogP contribution is -2.65. The van der Waals surface area contributed by atoms with Crippen LogP contribution < -0.4 is 10.6 Å². The van der Waals surface area contributed by atoms with Crippen LogP contribution in [0.3, 0.4) is 0 Å². The average molecular weight is 543 g/mol. The van der Waals surface area contributed by atoms with E-state index in [-0.39, 0.29) is 17.9 Å². The predicted molar refractivity (Wildman–Crippen MR) is 140 cm³/mol. The number of hydrogen-bond donors (Lipinski definition) is 5. The van der Waals surface area contributed by atoms with Gasteiger partial charge in [-0.15, -0.1) is 23.4 Å². The van der Waals surface area contributed by atoms with Gasteiger partial charge in [-0.2, -0.15) is 0 Å². The molecule has 1 amide bonds. The van der Waals surface area contributed by atoms with Crippen LogP contribution in [0.5, 0.6) is 0 Å². The summed E-state index contributed by atoms with van der Waals surface area (Å²) in [5.41, 5.74) is 0.603. The van der Waals surface area contributed by atoms with Crippen LogP contribution in [0.2, 0.25) is 0 Å². The Morgan fingerprint density at radius 3 is 2.67 bits per heavy atom. The number of aryl methyl sites for hydroxylation is 1. The van der Waals surface area contributed by atoms with E-state index in [9.17, 15) is 20.1 Å². The largest absolute Gasteiger partial charge is 0.388 e. The molecular weight excluding hydrogens is 504 g/mol. The van der Waals surface area contributed by atoms with E-state index in [0.717, 1.165) is 25.7 Å². The molecule has 5 unspecified atom stereocenters. The van der Waals surface area contributed by atoms with Crippen LogP contribution in [0.1, 0.15) is 31.7 Å². The Balaban J connectivity index is 1.37. The molecule has 0 aliphatic carbocycles. The van der Waals surface area contributed by atoms with Crippen LogP contribution >= 0.6 is 23.4 Å². The number of rotatable bonds is 8. The molecule has 202 valence electrons. The van der Waals surface area contributed by atoms with E-state index in [1.165, 1.54) is 17.3 Å². The molecule has 36 heavy (non-hydrogen) atoms. The van der Waals surface area contributed by atoms with E-state index >= 15 is 0 Å². The van der Waals surface area contributed by atoms with E-state index in [4.69, 9.17) is 21.1 Å². The summed E-state index contributed by atoms with van der Waals surface area (Å²) in [6.45, 7) is 3.03. The molecule has 5 N–H and O–H groups in total. The summed E-state index contributed by atoms with van der Waals surface area (Å²) in [7, 11) is 0. The highest BCUT2D eigenvalue weighted by molar-refractivity contribution is 7.99. The van der Waals surface area contributed by atoms with Gasteiger partial charge in [0.05, 0.1) is 17.5 Å². The second-order valence-electron chi connectivity index (χ2n) is 10.3. The number of halogens is 1. The van der Waals surface area contributed by atoms with Gasteiger partial charge in [-0.05, 0) is 56.3 Å². The Bertz CT molecular complexity index is 849. The van der Waals surface area contributed by atoms with Crippen molar-refractivity contribution in [1.29, 1.82) is 0 Å². The molecule has 10 heteroatoms. The molecule has 0 aromatic heterocycles. The number of carbonyl (C=O) groups is 1. The lowest BCUT2D eigenvalue weighted by atomic mass is 9.86. The summed E-state index contributed by atoms with van der Waals surface area (Å²) >= 11 is 7.65. The van der Waals surface area contributed by atoms with E-state index in [1.807, 2.05) is 6.07 Å². The van der Waals surface area contributed by atoms with Gasteiger partial charge in [-0.25, -0.2) is 0 Å². The Morgan fingerprint density at radius 2 is 1.97 bits per heavy atom. The maximum Gasteiger partial charge on any atom is 0.240 e. The first-order valence-electron chi connectivity index (χ1n) is 12.9. The third-order valence-electron chi connectivity index (χ3n) is 7.83. The first-order chi connectivity index (χ1) is 17.3. The maximum atomic E-state index is 13.4. The lowest BCUT2D eigenvalue weighted by molar-refractivity contribution is -0.205. The van der Waals surface area contributed by atoms with Crippen LogP contribution in [-0.2, 0) is 20.7 Å². The number of aliphatic hydroxyl groups excluding tert-OH is 3. The number of ether oxygens (including phenoxy) is 2. The van der Waals surface area contributed by atoms with Crippen LogP contribution in [0.25, 0.3) is 0 Å². The molecule has 3 heterocycles. The zero-order chi connectivity index (χ0) is 25.8. The number of nitrogens with one attached hydrogen (secondary N) is 2. The van der Waals surface area contributed by atoms with Crippen molar-refractivity contribution in [2.75, 3.05) is 19.4 Å². The van der Waals surface area contributed by atoms with E-state index in [0.29, 0.717) is 19.1 Å². The summed E-state index contributed by atoms with van der Waals surface area (Å²) in [6.07, 6.45) is 0.640. The van der Waals surface area contributed by atoms with Crippen molar-refractivity contribution in [1.82, 2.24) is 10.6 Å². The van der Waals surface area contributed by atoms with Crippen molar-refractivity contribution in [3.63, 3.8) is 0 Å². The van der Waals surface area contributed by atoms with Gasteiger partial charge in [-0.3, -0.25) is 4.79 Å². The van der Waals surface area contributed by atoms with Crippen molar-refractivity contribution in [3.8, 4) is 0 Å². The van der Waals surface area contributed by atoms with Crippen molar-refractivity contribution in [3.05, 3.63) is 35.9 Å². The summed E-state index contributed by atoms with van der Waals surface area (Å²) in [5.74, 6) is 0.520. The van der Waals surface area contributed by atoms with E-state index < -0.39 is 47.3 Å². The van der Waals surface area contributed by atoms with Gasteiger partial charge >= 0.3 is 0 Å². The van der Waals surface area contributed by atoms with Gasteiger partial charge in [0, 0.05) is 13.2 Å². The first kappa shape index (κ1) is 28.1. The normalized spacial score (nSPS) is 38.6. The third kappa shape index (κ3) is 6.38. The van der Waals surface area contributed by atoms with Gasteiger partial charge in [0.15, 0.2) is 0 Å². The van der Waals surface area contributed by atoms with Crippen molar-refractivity contribution in [2.24, 2.45) is 11.8 Å². The molecule has 3 saturated heterocycles. The molecule has 1 aromatic carbocycles. The van der Waals surface area contributed by atoms with Gasteiger partial charge in [0.2, 0.25) is 5.91 Å². The second kappa shape index (κ2) is 12.8. The van der Waals surface area contributed by atoms with Crippen LogP contribution in [0, 0.1) is 11.8 Å².